The molecule has 0 heteroatoms. The predicted molar refractivity (Wildman–Crippen MR) is 94.0 cm³/mol. The fourth-order valence-corrected chi connectivity index (χ4v) is 3.18. The second-order valence-electron chi connectivity index (χ2n) is 5.96. The molecule has 0 aromatic heterocycles. The quantitative estimate of drug-likeness (QED) is 0.597. The summed E-state index contributed by atoms with van der Waals surface area (Å²) in [7, 11) is 0. The van der Waals surface area contributed by atoms with Gasteiger partial charge in [0.25, 0.3) is 0 Å². The van der Waals surface area contributed by atoms with Crippen LogP contribution in [0.5, 0.6) is 0 Å². The van der Waals surface area contributed by atoms with Gasteiger partial charge in [-0.05, 0) is 59.6 Å². The molecule has 0 unspecified atom stereocenters. The number of rotatable bonds is 6. The van der Waals surface area contributed by atoms with Gasteiger partial charge in [-0.2, -0.15) is 0 Å². The van der Waals surface area contributed by atoms with Crippen molar-refractivity contribution in [3.8, 4) is 11.1 Å². The minimum Gasteiger partial charge on any atom is -0.0651 e. The summed E-state index contributed by atoms with van der Waals surface area (Å²) in [6, 6.07) is 13.7. The first-order valence-corrected chi connectivity index (χ1v) is 8.41. The maximum absolute atomic E-state index is 2.43. The summed E-state index contributed by atoms with van der Waals surface area (Å²) in [5.74, 6) is 0. The summed E-state index contributed by atoms with van der Waals surface area (Å²) in [6.45, 7) is 9.04. The number of hydrogen-bond donors (Lipinski definition) is 0. The lowest BCUT2D eigenvalue weighted by Crippen LogP contribution is -2.00. The fraction of sp³-hybridized carbons (Fsp3) is 0.429. The highest BCUT2D eigenvalue weighted by molar-refractivity contribution is 5.74. The Labute approximate surface area is 130 Å². The van der Waals surface area contributed by atoms with Crippen molar-refractivity contribution in [1.82, 2.24) is 0 Å². The Kier molecular flexibility index (Phi) is 5.61. The van der Waals surface area contributed by atoms with Crippen LogP contribution in [0.2, 0.25) is 0 Å². The topological polar surface area (TPSA) is 0 Å². The molecule has 2 aromatic carbocycles. The summed E-state index contributed by atoms with van der Waals surface area (Å²) in [6.07, 6.45) is 5.89. The highest BCUT2D eigenvalue weighted by atomic mass is 14.2. The van der Waals surface area contributed by atoms with E-state index in [9.17, 15) is 0 Å². The van der Waals surface area contributed by atoms with Crippen LogP contribution in [0.25, 0.3) is 11.1 Å². The molecule has 0 bridgehead atoms. The van der Waals surface area contributed by atoms with E-state index < -0.39 is 0 Å². The van der Waals surface area contributed by atoms with Crippen molar-refractivity contribution >= 4 is 0 Å². The van der Waals surface area contributed by atoms with Crippen LogP contribution in [0.4, 0.5) is 0 Å². The monoisotopic (exact) mass is 280 g/mol. The maximum Gasteiger partial charge on any atom is -0.0117 e. The Morgan fingerprint density at radius 1 is 0.810 bits per heavy atom. The highest BCUT2D eigenvalue weighted by Crippen LogP contribution is 2.33. The fourth-order valence-electron chi connectivity index (χ4n) is 3.18. The van der Waals surface area contributed by atoms with Crippen molar-refractivity contribution in [2.24, 2.45) is 0 Å². The van der Waals surface area contributed by atoms with Gasteiger partial charge in [0.15, 0.2) is 0 Å². The molecule has 0 N–H and O–H groups in total. The molecule has 0 saturated heterocycles. The molecular formula is C21H28. The minimum absolute atomic E-state index is 1.13. The molecule has 0 nitrogen and oxygen atoms in total. The summed E-state index contributed by atoms with van der Waals surface area (Å²) in [5, 5.41) is 0. The molecule has 0 heterocycles. The molecular weight excluding hydrogens is 252 g/mol. The van der Waals surface area contributed by atoms with Gasteiger partial charge < -0.3 is 0 Å². The van der Waals surface area contributed by atoms with Gasteiger partial charge in [0.2, 0.25) is 0 Å². The van der Waals surface area contributed by atoms with Crippen molar-refractivity contribution in [1.29, 1.82) is 0 Å². The second kappa shape index (κ2) is 7.45. The van der Waals surface area contributed by atoms with E-state index in [2.05, 4.69) is 64.1 Å². The Hall–Kier alpha value is -1.56. The Morgan fingerprint density at radius 3 is 1.86 bits per heavy atom. The average molecular weight is 280 g/mol. The Morgan fingerprint density at radius 2 is 1.38 bits per heavy atom. The summed E-state index contributed by atoms with van der Waals surface area (Å²) >= 11 is 0. The van der Waals surface area contributed by atoms with Crippen molar-refractivity contribution < 1.29 is 0 Å². The molecule has 2 aromatic rings. The first kappa shape index (κ1) is 15.8. The van der Waals surface area contributed by atoms with Crippen molar-refractivity contribution in [3.63, 3.8) is 0 Å². The maximum atomic E-state index is 2.43. The third kappa shape index (κ3) is 3.56. The average Bonchev–Trinajstić information content (AvgIpc) is 2.49. The van der Waals surface area contributed by atoms with E-state index in [0.717, 1.165) is 6.42 Å². The molecule has 112 valence electrons. The van der Waals surface area contributed by atoms with Crippen LogP contribution in [0.1, 0.15) is 55.9 Å². The lowest BCUT2D eigenvalue weighted by Gasteiger charge is -2.18. The molecule has 0 aliphatic heterocycles. The van der Waals surface area contributed by atoms with Crippen molar-refractivity contribution in [3.05, 3.63) is 58.7 Å². The van der Waals surface area contributed by atoms with E-state index in [4.69, 9.17) is 0 Å². The molecule has 0 spiro atoms. The van der Waals surface area contributed by atoms with Gasteiger partial charge >= 0.3 is 0 Å². The zero-order valence-electron chi connectivity index (χ0n) is 14.0. The van der Waals surface area contributed by atoms with E-state index in [1.807, 2.05) is 0 Å². The molecule has 0 amide bonds. The Balaban J connectivity index is 2.68. The third-order valence-corrected chi connectivity index (χ3v) is 4.22. The summed E-state index contributed by atoms with van der Waals surface area (Å²) < 4.78 is 0. The number of aryl methyl sites for hydroxylation is 4. The molecule has 2 rings (SSSR count). The normalized spacial score (nSPS) is 10.9. The first-order chi connectivity index (χ1) is 10.2. The van der Waals surface area contributed by atoms with Crippen LogP contribution in [0, 0.1) is 6.92 Å². The van der Waals surface area contributed by atoms with Crippen LogP contribution in [0.15, 0.2) is 36.4 Å². The molecule has 0 radical (unpaired) electrons. The van der Waals surface area contributed by atoms with Gasteiger partial charge in [0.1, 0.15) is 0 Å². The summed E-state index contributed by atoms with van der Waals surface area (Å²) in [5.41, 5.74) is 8.88. The first-order valence-electron chi connectivity index (χ1n) is 8.41. The largest absolute Gasteiger partial charge is 0.0651 e. The van der Waals surface area contributed by atoms with Gasteiger partial charge in [-0.15, -0.1) is 0 Å². The predicted octanol–water partition coefficient (Wildman–Crippen LogP) is 6.13. The molecule has 0 aliphatic carbocycles. The lowest BCUT2D eigenvalue weighted by atomic mass is 9.86. The van der Waals surface area contributed by atoms with Crippen molar-refractivity contribution in [2.75, 3.05) is 0 Å². The van der Waals surface area contributed by atoms with E-state index in [-0.39, 0.29) is 0 Å². The van der Waals surface area contributed by atoms with Crippen LogP contribution >= 0.6 is 0 Å². The van der Waals surface area contributed by atoms with Gasteiger partial charge in [-0.25, -0.2) is 0 Å². The smallest absolute Gasteiger partial charge is 0.0117 e. The molecule has 0 atom stereocenters. The van der Waals surface area contributed by atoms with E-state index in [1.54, 1.807) is 0 Å². The zero-order chi connectivity index (χ0) is 15.2. The standard InChI is InChI=1S/C21H28/c1-5-10-18-14-17(7-3)15-19(11-6-2)21(18)20-13-9-8-12-16(20)4/h8-9,12-15H,5-7,10-11H2,1-4H3. The van der Waals surface area contributed by atoms with Gasteiger partial charge in [-0.3, -0.25) is 0 Å². The van der Waals surface area contributed by atoms with Gasteiger partial charge in [0, 0.05) is 0 Å². The highest BCUT2D eigenvalue weighted by Gasteiger charge is 2.13. The van der Waals surface area contributed by atoms with E-state index in [0.29, 0.717) is 0 Å². The van der Waals surface area contributed by atoms with Crippen LogP contribution < -0.4 is 0 Å². The van der Waals surface area contributed by atoms with Crippen molar-refractivity contribution in [2.45, 2.75) is 59.8 Å². The van der Waals surface area contributed by atoms with E-state index >= 15 is 0 Å². The minimum atomic E-state index is 1.13. The van der Waals surface area contributed by atoms with E-state index in [1.165, 1.54) is 59.1 Å². The second-order valence-corrected chi connectivity index (χ2v) is 5.96. The lowest BCUT2D eigenvalue weighted by molar-refractivity contribution is 0.891. The van der Waals surface area contributed by atoms with Crippen LogP contribution in [-0.2, 0) is 19.3 Å². The van der Waals surface area contributed by atoms with Crippen LogP contribution in [-0.4, -0.2) is 0 Å². The van der Waals surface area contributed by atoms with Gasteiger partial charge in [0.05, 0.1) is 0 Å². The number of benzene rings is 2. The number of hydrogen-bond acceptors (Lipinski definition) is 0. The molecule has 0 fully saturated rings. The molecule has 0 saturated carbocycles. The van der Waals surface area contributed by atoms with Gasteiger partial charge in [-0.1, -0.05) is 70.0 Å². The Bertz CT molecular complexity index is 566. The SMILES string of the molecule is CCCc1cc(CC)cc(CCC)c1-c1ccccc1C. The van der Waals surface area contributed by atoms with Crippen LogP contribution in [0.3, 0.4) is 0 Å². The molecule has 0 aliphatic rings. The molecule has 21 heavy (non-hydrogen) atoms. The summed E-state index contributed by atoms with van der Waals surface area (Å²) in [4.78, 5) is 0. The zero-order valence-corrected chi connectivity index (χ0v) is 14.0. The third-order valence-electron chi connectivity index (χ3n) is 4.22.